The van der Waals surface area contributed by atoms with Crippen molar-refractivity contribution in [2.75, 3.05) is 0 Å². The van der Waals surface area contributed by atoms with Crippen LogP contribution in [0, 0.1) is 0 Å². The van der Waals surface area contributed by atoms with Crippen molar-refractivity contribution in [3.63, 3.8) is 0 Å². The molecule has 0 aromatic carbocycles. The van der Waals surface area contributed by atoms with E-state index in [1.54, 1.807) is 0 Å². The highest BCUT2D eigenvalue weighted by Gasteiger charge is 2.61. The summed E-state index contributed by atoms with van der Waals surface area (Å²) >= 11 is 0. The molecule has 0 spiro atoms. The molecule has 1 rings (SSSR count). The largest absolute Gasteiger partial charge is 0.471 e. The van der Waals surface area contributed by atoms with Crippen LogP contribution in [0.2, 0.25) is 0 Å². The van der Waals surface area contributed by atoms with Crippen LogP contribution in [-0.2, 0) is 19.6 Å². The lowest BCUT2D eigenvalue weighted by atomic mass is 10.0. The monoisotopic (exact) mass is 343 g/mol. The first-order valence-corrected chi connectivity index (χ1v) is 7.54. The SMILES string of the molecule is CC(C)(C)OC(=O)C(C)(NS(=O)(=O)c1ccoc1)C(F)(F)F. The van der Waals surface area contributed by atoms with Gasteiger partial charge in [0.05, 0.1) is 6.26 Å². The second-order valence-electron chi connectivity index (χ2n) is 5.69. The second-order valence-corrected chi connectivity index (χ2v) is 7.37. The smallest absolute Gasteiger partial charge is 0.418 e. The minimum atomic E-state index is -5.20. The number of alkyl halides is 3. The Morgan fingerprint density at radius 2 is 1.77 bits per heavy atom. The maximum absolute atomic E-state index is 13.3. The number of furan rings is 1. The molecule has 0 aliphatic rings. The summed E-state index contributed by atoms with van der Waals surface area (Å²) in [7, 11) is -4.62. The Morgan fingerprint density at radius 3 is 2.14 bits per heavy atom. The fourth-order valence-corrected chi connectivity index (χ4v) is 2.60. The van der Waals surface area contributed by atoms with Gasteiger partial charge in [-0.3, -0.25) is 0 Å². The number of sulfonamides is 1. The van der Waals surface area contributed by atoms with E-state index in [1.165, 1.54) is 25.5 Å². The molecule has 10 heteroatoms. The lowest BCUT2D eigenvalue weighted by molar-refractivity contribution is -0.211. The van der Waals surface area contributed by atoms with Crippen molar-refractivity contribution < 1.29 is 35.5 Å². The maximum Gasteiger partial charge on any atom is 0.418 e. The first-order chi connectivity index (χ1) is 9.69. The summed E-state index contributed by atoms with van der Waals surface area (Å²) in [5.41, 5.74) is -4.65. The number of halogens is 3. The maximum atomic E-state index is 13.3. The second kappa shape index (κ2) is 5.58. The number of rotatable bonds is 4. The van der Waals surface area contributed by atoms with E-state index in [0.717, 1.165) is 18.6 Å². The molecule has 0 saturated heterocycles. The summed E-state index contributed by atoms with van der Waals surface area (Å²) in [5.74, 6) is -1.75. The predicted molar refractivity (Wildman–Crippen MR) is 69.3 cm³/mol. The zero-order valence-corrected chi connectivity index (χ0v) is 13.1. The van der Waals surface area contributed by atoms with Gasteiger partial charge >= 0.3 is 12.1 Å². The van der Waals surface area contributed by atoms with Crippen LogP contribution in [-0.4, -0.2) is 31.7 Å². The molecule has 22 heavy (non-hydrogen) atoms. The third-order valence-corrected chi connectivity index (χ3v) is 4.05. The Morgan fingerprint density at radius 1 is 1.23 bits per heavy atom. The van der Waals surface area contributed by atoms with Crippen LogP contribution in [0.4, 0.5) is 13.2 Å². The summed E-state index contributed by atoms with van der Waals surface area (Å²) < 4.78 is 74.2. The number of ether oxygens (including phenoxy) is 1. The van der Waals surface area contributed by atoms with E-state index in [1.807, 2.05) is 0 Å². The number of hydrogen-bond acceptors (Lipinski definition) is 5. The zero-order valence-electron chi connectivity index (χ0n) is 12.3. The van der Waals surface area contributed by atoms with E-state index in [0.29, 0.717) is 6.92 Å². The Labute approximate surface area is 125 Å². The van der Waals surface area contributed by atoms with Gasteiger partial charge in [0.25, 0.3) is 0 Å². The van der Waals surface area contributed by atoms with Gasteiger partial charge in [0, 0.05) is 0 Å². The van der Waals surface area contributed by atoms with E-state index in [4.69, 9.17) is 0 Å². The highest BCUT2D eigenvalue weighted by molar-refractivity contribution is 7.89. The van der Waals surface area contributed by atoms with Crippen molar-refractivity contribution in [1.82, 2.24) is 4.72 Å². The van der Waals surface area contributed by atoms with E-state index >= 15 is 0 Å². The molecule has 1 unspecified atom stereocenters. The van der Waals surface area contributed by atoms with Crippen LogP contribution >= 0.6 is 0 Å². The van der Waals surface area contributed by atoms with Crippen LogP contribution in [0.1, 0.15) is 27.7 Å². The van der Waals surface area contributed by atoms with E-state index in [-0.39, 0.29) is 0 Å². The molecule has 0 aliphatic carbocycles. The standard InChI is InChI=1S/C12H16F3NO5S/c1-10(2,3)21-9(17)11(4,12(13,14)15)16-22(18,19)8-5-6-20-7-8/h5-7,16H,1-4H3. The Balaban J connectivity index is 3.22. The molecular formula is C12H16F3NO5S. The highest BCUT2D eigenvalue weighted by Crippen LogP contribution is 2.34. The molecule has 1 atom stereocenters. The van der Waals surface area contributed by atoms with Crippen LogP contribution < -0.4 is 4.72 Å². The third kappa shape index (κ3) is 4.01. The Hall–Kier alpha value is -1.55. The predicted octanol–water partition coefficient (Wildman–Crippen LogP) is 2.22. The van der Waals surface area contributed by atoms with E-state index < -0.39 is 38.2 Å². The van der Waals surface area contributed by atoms with Crippen LogP contribution in [0.25, 0.3) is 0 Å². The minimum absolute atomic E-state index is 0.401. The Kier molecular flexibility index (Phi) is 4.69. The zero-order chi connectivity index (χ0) is 17.4. The van der Waals surface area contributed by atoms with E-state index in [9.17, 15) is 26.4 Å². The fourth-order valence-electron chi connectivity index (χ4n) is 1.33. The van der Waals surface area contributed by atoms with Crippen molar-refractivity contribution in [3.05, 3.63) is 18.6 Å². The van der Waals surface area contributed by atoms with Gasteiger partial charge in [-0.05, 0) is 33.8 Å². The summed E-state index contributed by atoms with van der Waals surface area (Å²) in [6.45, 7) is 4.50. The summed E-state index contributed by atoms with van der Waals surface area (Å²) in [6.07, 6.45) is -3.48. The Bertz CT molecular complexity index is 631. The molecule has 0 bridgehead atoms. The minimum Gasteiger partial charge on any atom is -0.471 e. The third-order valence-electron chi connectivity index (χ3n) is 2.52. The number of carbonyl (C=O) groups is 1. The van der Waals surface area contributed by atoms with Gasteiger partial charge in [-0.25, -0.2) is 13.2 Å². The summed E-state index contributed by atoms with van der Waals surface area (Å²) in [4.78, 5) is 11.3. The van der Waals surface area contributed by atoms with Gasteiger partial charge in [-0.2, -0.15) is 17.9 Å². The quantitative estimate of drug-likeness (QED) is 0.847. The molecule has 0 aliphatic heterocycles. The van der Waals surface area contributed by atoms with Crippen LogP contribution in [0.3, 0.4) is 0 Å². The molecule has 0 saturated carbocycles. The number of carbonyl (C=O) groups excluding carboxylic acids is 1. The van der Waals surface area contributed by atoms with Gasteiger partial charge in [-0.15, -0.1) is 0 Å². The average Bonchev–Trinajstić information content (AvgIpc) is 2.77. The normalized spacial score (nSPS) is 16.1. The molecule has 1 aromatic heterocycles. The van der Waals surface area contributed by atoms with Crippen LogP contribution in [0.15, 0.2) is 27.9 Å². The highest BCUT2D eigenvalue weighted by atomic mass is 32.2. The van der Waals surface area contributed by atoms with Crippen molar-refractivity contribution in [2.24, 2.45) is 0 Å². The molecule has 0 fully saturated rings. The van der Waals surface area contributed by atoms with Crippen molar-refractivity contribution in [2.45, 2.75) is 49.9 Å². The molecule has 6 nitrogen and oxygen atoms in total. The summed E-state index contributed by atoms with van der Waals surface area (Å²) in [6, 6.07) is 0.953. The van der Waals surface area contributed by atoms with E-state index in [2.05, 4.69) is 9.15 Å². The molecule has 0 amide bonds. The van der Waals surface area contributed by atoms with Gasteiger partial charge in [0.15, 0.2) is 0 Å². The molecule has 1 heterocycles. The van der Waals surface area contributed by atoms with Crippen molar-refractivity contribution >= 4 is 16.0 Å². The van der Waals surface area contributed by atoms with Crippen molar-refractivity contribution in [3.8, 4) is 0 Å². The molecule has 1 N–H and O–H groups in total. The molecule has 1 aromatic rings. The number of esters is 1. The van der Waals surface area contributed by atoms with Gasteiger partial charge in [0.2, 0.25) is 15.6 Å². The average molecular weight is 343 g/mol. The molecule has 0 radical (unpaired) electrons. The lowest BCUT2D eigenvalue weighted by Crippen LogP contribution is -2.63. The number of nitrogens with one attached hydrogen (secondary N) is 1. The van der Waals surface area contributed by atoms with Crippen molar-refractivity contribution in [1.29, 1.82) is 0 Å². The topological polar surface area (TPSA) is 85.6 Å². The first kappa shape index (κ1) is 18.5. The molecular weight excluding hydrogens is 327 g/mol. The van der Waals surface area contributed by atoms with Gasteiger partial charge < -0.3 is 9.15 Å². The molecule has 126 valence electrons. The fraction of sp³-hybridized carbons (Fsp3) is 0.583. The van der Waals surface area contributed by atoms with Crippen LogP contribution in [0.5, 0.6) is 0 Å². The van der Waals surface area contributed by atoms with Gasteiger partial charge in [-0.1, -0.05) is 0 Å². The summed E-state index contributed by atoms with van der Waals surface area (Å²) in [5, 5.41) is 0. The van der Waals surface area contributed by atoms with Gasteiger partial charge in [0.1, 0.15) is 16.8 Å². The number of hydrogen-bond donors (Lipinski definition) is 1. The first-order valence-electron chi connectivity index (χ1n) is 6.05. The lowest BCUT2D eigenvalue weighted by Gasteiger charge is -2.33.